The van der Waals surface area contributed by atoms with E-state index in [4.69, 9.17) is 0 Å². The zero-order valence-corrected chi connectivity index (χ0v) is 16.8. The van der Waals surface area contributed by atoms with E-state index in [-0.39, 0.29) is 17.9 Å². The standard InChI is InChI=1S/C22H25N5O2/c1-3-18-15-25(10-9-20(28)26(18)14-17-7-5-4-6-8-17)22(29)19-12-24-27-13-16(2)11-23-21(19)27/h4-8,11-13,18H,3,9-10,14-15H2,1-2H3/t18-/m1/s1. The molecule has 1 saturated heterocycles. The number of rotatable bonds is 4. The van der Waals surface area contributed by atoms with Gasteiger partial charge in [0.05, 0.1) is 6.20 Å². The molecule has 29 heavy (non-hydrogen) atoms. The van der Waals surface area contributed by atoms with Crippen LogP contribution in [0.25, 0.3) is 5.65 Å². The largest absolute Gasteiger partial charge is 0.336 e. The van der Waals surface area contributed by atoms with Crippen LogP contribution in [-0.4, -0.2) is 55.3 Å². The molecule has 150 valence electrons. The SMILES string of the molecule is CC[C@@H]1CN(C(=O)c2cnn3cc(C)cnc23)CCC(=O)N1Cc1ccccc1. The minimum atomic E-state index is -0.121. The van der Waals surface area contributed by atoms with Gasteiger partial charge in [0.1, 0.15) is 5.56 Å². The highest BCUT2D eigenvalue weighted by Crippen LogP contribution is 2.20. The molecule has 1 aromatic carbocycles. The van der Waals surface area contributed by atoms with Crippen molar-refractivity contribution in [3.63, 3.8) is 0 Å². The second-order valence-corrected chi connectivity index (χ2v) is 7.53. The molecule has 1 fully saturated rings. The van der Waals surface area contributed by atoms with Crippen molar-refractivity contribution in [2.24, 2.45) is 0 Å². The van der Waals surface area contributed by atoms with Gasteiger partial charge in [-0.15, -0.1) is 0 Å². The van der Waals surface area contributed by atoms with Crippen molar-refractivity contribution in [2.45, 2.75) is 39.3 Å². The van der Waals surface area contributed by atoms with Crippen LogP contribution in [0, 0.1) is 6.92 Å². The minimum absolute atomic E-state index is 0.0220. The molecule has 1 atom stereocenters. The molecule has 0 aliphatic carbocycles. The fourth-order valence-corrected chi connectivity index (χ4v) is 3.84. The average Bonchev–Trinajstić information content (AvgIpc) is 3.08. The molecule has 7 nitrogen and oxygen atoms in total. The van der Waals surface area contributed by atoms with Crippen LogP contribution in [0.5, 0.6) is 0 Å². The van der Waals surface area contributed by atoms with Gasteiger partial charge in [-0.25, -0.2) is 9.50 Å². The Morgan fingerprint density at radius 2 is 2.00 bits per heavy atom. The molecular formula is C22H25N5O2. The summed E-state index contributed by atoms with van der Waals surface area (Å²) in [7, 11) is 0. The van der Waals surface area contributed by atoms with Gasteiger partial charge in [-0.1, -0.05) is 37.3 Å². The van der Waals surface area contributed by atoms with E-state index < -0.39 is 0 Å². The second kappa shape index (κ2) is 8.03. The molecular weight excluding hydrogens is 366 g/mol. The highest BCUT2D eigenvalue weighted by Gasteiger charge is 2.32. The Bertz CT molecular complexity index is 1030. The first-order valence-corrected chi connectivity index (χ1v) is 9.99. The van der Waals surface area contributed by atoms with Crippen molar-refractivity contribution < 1.29 is 9.59 Å². The summed E-state index contributed by atoms with van der Waals surface area (Å²) in [6, 6.07) is 9.96. The van der Waals surface area contributed by atoms with Crippen LogP contribution in [0.2, 0.25) is 0 Å². The van der Waals surface area contributed by atoms with Gasteiger partial charge in [0.15, 0.2) is 5.65 Å². The van der Waals surface area contributed by atoms with E-state index in [2.05, 4.69) is 17.0 Å². The van der Waals surface area contributed by atoms with Gasteiger partial charge in [-0.05, 0) is 24.5 Å². The van der Waals surface area contributed by atoms with Crippen molar-refractivity contribution in [1.82, 2.24) is 24.4 Å². The molecule has 3 aromatic rings. The lowest BCUT2D eigenvalue weighted by molar-refractivity contribution is -0.133. The first kappa shape index (κ1) is 19.1. The van der Waals surface area contributed by atoms with Crippen LogP contribution in [0.3, 0.4) is 0 Å². The molecule has 0 unspecified atom stereocenters. The summed E-state index contributed by atoms with van der Waals surface area (Å²) in [5.74, 6) is -0.0335. The molecule has 3 heterocycles. The summed E-state index contributed by atoms with van der Waals surface area (Å²) in [5, 5.41) is 4.27. The molecule has 1 aliphatic rings. The van der Waals surface area contributed by atoms with Crippen molar-refractivity contribution in [2.75, 3.05) is 13.1 Å². The van der Waals surface area contributed by atoms with Gasteiger partial charge in [-0.3, -0.25) is 9.59 Å². The van der Waals surface area contributed by atoms with E-state index in [9.17, 15) is 9.59 Å². The summed E-state index contributed by atoms with van der Waals surface area (Å²) >= 11 is 0. The van der Waals surface area contributed by atoms with Crippen molar-refractivity contribution >= 4 is 17.5 Å². The lowest BCUT2D eigenvalue weighted by Gasteiger charge is -2.31. The summed E-state index contributed by atoms with van der Waals surface area (Å²) in [5.41, 5.74) is 3.10. The highest BCUT2D eigenvalue weighted by atomic mass is 16.2. The van der Waals surface area contributed by atoms with Gasteiger partial charge in [0.2, 0.25) is 5.91 Å². The summed E-state index contributed by atoms with van der Waals surface area (Å²) in [6.07, 6.45) is 6.26. The lowest BCUT2D eigenvalue weighted by Crippen LogP contribution is -2.43. The molecule has 0 radical (unpaired) electrons. The average molecular weight is 391 g/mol. The van der Waals surface area contributed by atoms with Crippen LogP contribution in [0.15, 0.2) is 48.9 Å². The van der Waals surface area contributed by atoms with Crippen LogP contribution in [0.1, 0.15) is 41.3 Å². The van der Waals surface area contributed by atoms with Crippen molar-refractivity contribution in [3.8, 4) is 0 Å². The van der Waals surface area contributed by atoms with Crippen molar-refractivity contribution in [1.29, 1.82) is 0 Å². The first-order valence-electron chi connectivity index (χ1n) is 9.99. The van der Waals surface area contributed by atoms with Crippen LogP contribution < -0.4 is 0 Å². The summed E-state index contributed by atoms with van der Waals surface area (Å²) in [6.45, 7) is 5.48. The monoisotopic (exact) mass is 391 g/mol. The number of aromatic nitrogens is 3. The maximum absolute atomic E-state index is 13.2. The fraction of sp³-hybridized carbons (Fsp3) is 0.364. The highest BCUT2D eigenvalue weighted by molar-refractivity contribution is 6.00. The number of hydrogen-bond donors (Lipinski definition) is 0. The normalized spacial score (nSPS) is 17.6. The molecule has 1 aliphatic heterocycles. The first-order chi connectivity index (χ1) is 14.1. The number of benzene rings is 1. The Kier molecular flexibility index (Phi) is 5.29. The molecule has 0 N–H and O–H groups in total. The number of fused-ring (bicyclic) bond motifs is 1. The van der Waals surface area contributed by atoms with E-state index in [1.807, 2.05) is 48.4 Å². The fourth-order valence-electron chi connectivity index (χ4n) is 3.84. The van der Waals surface area contributed by atoms with E-state index in [0.29, 0.717) is 37.3 Å². The zero-order valence-electron chi connectivity index (χ0n) is 16.8. The van der Waals surface area contributed by atoms with Gasteiger partial charge in [-0.2, -0.15) is 5.10 Å². The van der Waals surface area contributed by atoms with E-state index >= 15 is 0 Å². The van der Waals surface area contributed by atoms with E-state index in [0.717, 1.165) is 17.5 Å². The lowest BCUT2D eigenvalue weighted by atomic mass is 10.1. The Morgan fingerprint density at radius 1 is 1.21 bits per heavy atom. The van der Waals surface area contributed by atoms with E-state index in [1.165, 1.54) is 0 Å². The molecule has 2 amide bonds. The molecule has 4 rings (SSSR count). The second-order valence-electron chi connectivity index (χ2n) is 7.53. The molecule has 2 aromatic heterocycles. The maximum atomic E-state index is 13.2. The molecule has 0 saturated carbocycles. The summed E-state index contributed by atoms with van der Waals surface area (Å²) < 4.78 is 1.63. The number of nitrogens with zero attached hydrogens (tertiary/aromatic N) is 5. The Labute approximate surface area is 170 Å². The van der Waals surface area contributed by atoms with Gasteiger partial charge >= 0.3 is 0 Å². The smallest absolute Gasteiger partial charge is 0.259 e. The number of hydrogen-bond acceptors (Lipinski definition) is 4. The maximum Gasteiger partial charge on any atom is 0.259 e. The van der Waals surface area contributed by atoms with Gasteiger partial charge in [0, 0.05) is 44.5 Å². The molecule has 7 heteroatoms. The number of aryl methyl sites for hydroxylation is 1. The van der Waals surface area contributed by atoms with Crippen LogP contribution in [-0.2, 0) is 11.3 Å². The zero-order chi connectivity index (χ0) is 20.4. The van der Waals surface area contributed by atoms with Crippen LogP contribution >= 0.6 is 0 Å². The number of amides is 2. The predicted octanol–water partition coefficient (Wildman–Crippen LogP) is 2.69. The molecule has 0 spiro atoms. The van der Waals surface area contributed by atoms with Gasteiger partial charge in [0.25, 0.3) is 5.91 Å². The van der Waals surface area contributed by atoms with Crippen LogP contribution in [0.4, 0.5) is 0 Å². The Morgan fingerprint density at radius 3 is 2.76 bits per heavy atom. The molecule has 0 bridgehead atoms. The topological polar surface area (TPSA) is 70.8 Å². The Hall–Kier alpha value is -3.22. The summed E-state index contributed by atoms with van der Waals surface area (Å²) in [4.78, 5) is 34.2. The van der Waals surface area contributed by atoms with E-state index in [1.54, 1.807) is 21.8 Å². The predicted molar refractivity (Wildman–Crippen MR) is 109 cm³/mol. The van der Waals surface area contributed by atoms with Crippen molar-refractivity contribution in [3.05, 3.63) is 65.6 Å². The number of carbonyl (C=O) groups is 2. The quantitative estimate of drug-likeness (QED) is 0.686. The third-order valence-electron chi connectivity index (χ3n) is 5.46. The third kappa shape index (κ3) is 3.85. The Balaban J connectivity index is 1.57. The third-order valence-corrected chi connectivity index (χ3v) is 5.46. The minimum Gasteiger partial charge on any atom is -0.336 e. The number of carbonyl (C=O) groups excluding carboxylic acids is 2. The van der Waals surface area contributed by atoms with Gasteiger partial charge < -0.3 is 9.80 Å².